The first-order chi connectivity index (χ1) is 29.4. The van der Waals surface area contributed by atoms with Gasteiger partial charge in [0.2, 0.25) is 5.95 Å². The Bertz CT molecular complexity index is 3420. The summed E-state index contributed by atoms with van der Waals surface area (Å²) in [5, 5.41) is 3.51. The van der Waals surface area contributed by atoms with Crippen molar-refractivity contribution in [1.82, 2.24) is 24.1 Å². The molecule has 0 radical (unpaired) electrons. The molecule has 0 N–H and O–H groups in total. The first-order valence-electron chi connectivity index (χ1n) is 20.5. The van der Waals surface area contributed by atoms with Crippen LogP contribution in [0.4, 0.5) is 0 Å². The van der Waals surface area contributed by atoms with Crippen LogP contribution in [0.25, 0.3) is 100 Å². The minimum absolute atomic E-state index is 0.115. The van der Waals surface area contributed by atoms with Crippen molar-refractivity contribution in [2.75, 3.05) is 0 Å². The number of aromatic nitrogens is 5. The van der Waals surface area contributed by atoms with Gasteiger partial charge in [-0.05, 0) is 47.0 Å². The third-order valence-corrected chi connectivity index (χ3v) is 10.5. The zero-order valence-electron chi connectivity index (χ0n) is 34.0. The highest BCUT2D eigenvalue weighted by atomic mass is 15.2. The van der Waals surface area contributed by atoms with Gasteiger partial charge in [0.15, 0.2) is 11.6 Å². The molecule has 3 aromatic heterocycles. The van der Waals surface area contributed by atoms with Gasteiger partial charge in [-0.3, -0.25) is 4.57 Å². The molecular formula is C51H33N5. The van der Waals surface area contributed by atoms with Gasteiger partial charge in [0.1, 0.15) is 0 Å². The van der Waals surface area contributed by atoms with Gasteiger partial charge in [0.25, 0.3) is 0 Å². The van der Waals surface area contributed by atoms with Gasteiger partial charge >= 0.3 is 0 Å². The van der Waals surface area contributed by atoms with Gasteiger partial charge in [-0.2, -0.15) is 9.97 Å². The van der Waals surface area contributed by atoms with E-state index in [0.29, 0.717) is 33.5 Å². The van der Waals surface area contributed by atoms with Crippen molar-refractivity contribution in [3.63, 3.8) is 0 Å². The van der Waals surface area contributed by atoms with E-state index < -0.39 is 0 Å². The summed E-state index contributed by atoms with van der Waals surface area (Å²) in [5.41, 5.74) is 9.78. The zero-order valence-corrected chi connectivity index (χ0v) is 30.0. The Kier molecular flexibility index (Phi) is 6.50. The first-order valence-corrected chi connectivity index (χ1v) is 18.5. The van der Waals surface area contributed by atoms with E-state index in [-0.39, 0.29) is 30.1 Å². The number of rotatable bonds is 6. The topological polar surface area (TPSA) is 48.5 Å². The van der Waals surface area contributed by atoms with Crippen molar-refractivity contribution >= 4 is 43.6 Å². The van der Waals surface area contributed by atoms with Crippen molar-refractivity contribution in [2.24, 2.45) is 0 Å². The maximum absolute atomic E-state index is 9.22. The Balaban J connectivity index is 1.10. The Morgan fingerprint density at radius 3 is 1.64 bits per heavy atom. The molecule has 0 bridgehead atoms. The van der Waals surface area contributed by atoms with Gasteiger partial charge in [-0.15, -0.1) is 0 Å². The summed E-state index contributed by atoms with van der Waals surface area (Å²) in [4.78, 5) is 15.2. The average molecular weight is 720 g/mol. The molecule has 0 spiro atoms. The number of hydrogen-bond acceptors (Lipinski definition) is 3. The van der Waals surface area contributed by atoms with Crippen LogP contribution in [0.1, 0.15) is 5.48 Å². The Morgan fingerprint density at radius 1 is 0.375 bits per heavy atom. The Hall–Kier alpha value is -7.63. The summed E-state index contributed by atoms with van der Waals surface area (Å²) >= 11 is 0. The Morgan fingerprint density at radius 2 is 0.929 bits per heavy atom. The van der Waals surface area contributed by atoms with Gasteiger partial charge in [0.05, 0.1) is 27.5 Å². The second-order valence-electron chi connectivity index (χ2n) is 13.8. The van der Waals surface area contributed by atoms with E-state index >= 15 is 0 Å². The minimum Gasteiger partial charge on any atom is -0.309 e. The van der Waals surface area contributed by atoms with Gasteiger partial charge < -0.3 is 4.57 Å². The summed E-state index contributed by atoms with van der Waals surface area (Å²) < 4.78 is 39.7. The summed E-state index contributed by atoms with van der Waals surface area (Å²) in [6.45, 7) is 0. The van der Waals surface area contributed by atoms with E-state index in [9.17, 15) is 1.37 Å². The minimum atomic E-state index is -0.326. The zero-order chi connectivity index (χ0) is 40.5. The lowest BCUT2D eigenvalue weighted by Gasteiger charge is -2.13. The number of para-hydroxylation sites is 4. The lowest BCUT2D eigenvalue weighted by atomic mass is 10.0. The molecule has 5 heteroatoms. The normalized spacial score (nSPS) is 12.6. The van der Waals surface area contributed by atoms with Crippen LogP contribution in [0.5, 0.6) is 0 Å². The predicted octanol–water partition coefficient (Wildman–Crippen LogP) is 12.7. The molecule has 0 saturated heterocycles. The number of benzene rings is 8. The molecule has 11 aromatic rings. The average Bonchev–Trinajstić information content (AvgIpc) is 3.85. The van der Waals surface area contributed by atoms with Crippen LogP contribution in [0.15, 0.2) is 200 Å². The van der Waals surface area contributed by atoms with Crippen molar-refractivity contribution in [3.8, 4) is 56.7 Å². The molecule has 0 aliphatic carbocycles. The second-order valence-corrected chi connectivity index (χ2v) is 13.8. The summed E-state index contributed by atoms with van der Waals surface area (Å²) in [6.07, 6.45) is 0. The molecule has 0 fully saturated rings. The number of nitrogens with zero attached hydrogens (tertiary/aromatic N) is 5. The monoisotopic (exact) mass is 719 g/mol. The molecule has 56 heavy (non-hydrogen) atoms. The molecule has 0 atom stereocenters. The Labute approximate surface area is 329 Å². The maximum atomic E-state index is 9.22. The van der Waals surface area contributed by atoms with Crippen LogP contribution < -0.4 is 0 Å². The lowest BCUT2D eigenvalue weighted by Crippen LogP contribution is -2.07. The first kappa shape index (κ1) is 27.9. The van der Waals surface area contributed by atoms with Crippen LogP contribution in [0.2, 0.25) is 0 Å². The van der Waals surface area contributed by atoms with Crippen molar-refractivity contribution in [1.29, 1.82) is 0 Å². The molecule has 11 rings (SSSR count). The third kappa shape index (κ3) is 5.21. The van der Waals surface area contributed by atoms with Crippen LogP contribution in [-0.2, 0) is 0 Å². The molecule has 5 nitrogen and oxygen atoms in total. The number of hydrogen-bond donors (Lipinski definition) is 0. The molecule has 8 aromatic carbocycles. The summed E-state index contributed by atoms with van der Waals surface area (Å²) in [5.74, 6) is 1.11. The van der Waals surface area contributed by atoms with Gasteiger partial charge in [-0.25, -0.2) is 4.98 Å². The molecular weight excluding hydrogens is 683 g/mol. The highest BCUT2D eigenvalue weighted by Gasteiger charge is 2.20. The van der Waals surface area contributed by atoms with Crippen molar-refractivity contribution in [2.45, 2.75) is 0 Å². The summed E-state index contributed by atoms with van der Waals surface area (Å²) in [6, 6.07) is 58.3. The highest BCUT2D eigenvalue weighted by Crippen LogP contribution is 2.38. The van der Waals surface area contributed by atoms with Crippen LogP contribution >= 0.6 is 0 Å². The molecule has 0 unspecified atom stereocenters. The lowest BCUT2D eigenvalue weighted by molar-refractivity contribution is 0.954. The molecule has 0 aliphatic heterocycles. The van der Waals surface area contributed by atoms with Crippen LogP contribution in [-0.4, -0.2) is 24.1 Å². The highest BCUT2D eigenvalue weighted by molar-refractivity contribution is 6.13. The molecule has 3 heterocycles. The molecule has 0 amide bonds. The maximum Gasteiger partial charge on any atom is 0.238 e. The third-order valence-electron chi connectivity index (χ3n) is 10.5. The second kappa shape index (κ2) is 13.0. The van der Waals surface area contributed by atoms with E-state index in [4.69, 9.17) is 19.1 Å². The van der Waals surface area contributed by atoms with E-state index in [1.165, 1.54) is 10.8 Å². The number of fused-ring (bicyclic) bond motifs is 6. The quantitative estimate of drug-likeness (QED) is 0.172. The molecule has 262 valence electrons. The van der Waals surface area contributed by atoms with Gasteiger partial charge in [0, 0.05) is 43.9 Å². The fourth-order valence-corrected chi connectivity index (χ4v) is 7.96. The molecule has 0 saturated carbocycles. The molecule has 0 aliphatic rings. The fourth-order valence-electron chi connectivity index (χ4n) is 7.96. The van der Waals surface area contributed by atoms with Crippen molar-refractivity contribution in [3.05, 3.63) is 200 Å². The van der Waals surface area contributed by atoms with Crippen LogP contribution in [0, 0.1) is 0 Å². The van der Waals surface area contributed by atoms with E-state index in [2.05, 4.69) is 89.5 Å². The standard InChI is InChI=1S/C51H33N5/c1-3-15-35(16-4-1)40-24-14-25-44-43-23-9-12-28-47(43)56(48(40)44)51-53-49(36-17-5-2-6-18-36)52-50(54-51)37-31-29-34(30-32-37)38-19-13-20-39(33-38)55-45-26-10-7-21-41(45)42-22-8-11-27-46(42)55/h1-33H/i9D,12D,23D,28D. The predicted molar refractivity (Wildman–Crippen MR) is 230 cm³/mol. The van der Waals surface area contributed by atoms with E-state index in [1.54, 1.807) is 4.57 Å². The van der Waals surface area contributed by atoms with E-state index in [1.807, 2.05) is 91.0 Å². The smallest absolute Gasteiger partial charge is 0.238 e. The van der Waals surface area contributed by atoms with Crippen molar-refractivity contribution < 1.29 is 5.48 Å². The fraction of sp³-hybridized carbons (Fsp3) is 0. The van der Waals surface area contributed by atoms with E-state index in [0.717, 1.165) is 50.1 Å². The van der Waals surface area contributed by atoms with Crippen LogP contribution in [0.3, 0.4) is 0 Å². The largest absolute Gasteiger partial charge is 0.309 e. The van der Waals surface area contributed by atoms with Gasteiger partial charge in [-0.1, -0.05) is 170 Å². The SMILES string of the molecule is [2H]c1c([2H])c([2H])c2c(c1[2H])c1cccc(-c3ccccc3)c1n2-c1nc(-c2ccccc2)nc(-c2ccc(-c3cccc(-n4c5ccccc5c5ccccc54)c3)cc2)n1. The summed E-state index contributed by atoms with van der Waals surface area (Å²) in [7, 11) is 0.